The molecule has 3 rings (SSSR count). The van der Waals surface area contributed by atoms with Gasteiger partial charge in [0.2, 0.25) is 5.91 Å². The summed E-state index contributed by atoms with van der Waals surface area (Å²) in [5.74, 6) is -0.180. The van der Waals surface area contributed by atoms with Gasteiger partial charge in [0.25, 0.3) is 0 Å². The largest absolute Gasteiger partial charge is 0.445 e. The fraction of sp³-hybridized carbons (Fsp3) is 0.579. The number of aliphatic hydroxyl groups excluding tert-OH is 1. The summed E-state index contributed by atoms with van der Waals surface area (Å²) >= 11 is 0. The van der Waals surface area contributed by atoms with Crippen molar-refractivity contribution in [2.24, 2.45) is 0 Å². The number of amides is 2. The van der Waals surface area contributed by atoms with E-state index in [1.165, 1.54) is 4.90 Å². The molecule has 1 saturated carbocycles. The third kappa shape index (κ3) is 4.51. The predicted octanol–water partition coefficient (Wildman–Crippen LogP) is 2.21. The zero-order valence-corrected chi connectivity index (χ0v) is 14.4. The molecule has 1 aliphatic carbocycles. The Balaban J connectivity index is 1.54. The molecule has 25 heavy (non-hydrogen) atoms. The average molecular weight is 346 g/mol. The molecule has 2 amide bonds. The normalized spacial score (nSPS) is 26.3. The molecular weight excluding hydrogens is 320 g/mol. The van der Waals surface area contributed by atoms with Crippen LogP contribution in [0.15, 0.2) is 30.3 Å². The Morgan fingerprint density at radius 3 is 2.64 bits per heavy atom. The van der Waals surface area contributed by atoms with Gasteiger partial charge in [-0.15, -0.1) is 0 Å². The van der Waals surface area contributed by atoms with Crippen molar-refractivity contribution in [3.05, 3.63) is 35.9 Å². The van der Waals surface area contributed by atoms with Gasteiger partial charge in [-0.25, -0.2) is 4.79 Å². The van der Waals surface area contributed by atoms with E-state index in [-0.39, 0.29) is 18.6 Å². The van der Waals surface area contributed by atoms with Gasteiger partial charge >= 0.3 is 6.09 Å². The molecule has 6 nitrogen and oxygen atoms in total. The van der Waals surface area contributed by atoms with Gasteiger partial charge in [0.05, 0.1) is 12.1 Å². The second kappa shape index (κ2) is 8.34. The summed E-state index contributed by atoms with van der Waals surface area (Å²) in [4.78, 5) is 26.4. The lowest BCUT2D eigenvalue weighted by Gasteiger charge is -2.31. The molecule has 136 valence electrons. The first-order chi connectivity index (χ1) is 12.1. The number of carbonyl (C=O) groups is 2. The molecule has 3 atom stereocenters. The van der Waals surface area contributed by atoms with E-state index in [0.717, 1.165) is 37.7 Å². The summed E-state index contributed by atoms with van der Waals surface area (Å²) in [6.07, 6.45) is 3.99. The molecule has 2 aliphatic rings. The summed E-state index contributed by atoms with van der Waals surface area (Å²) in [6, 6.07) is 8.78. The molecule has 1 saturated heterocycles. The molecule has 0 radical (unpaired) electrons. The summed E-state index contributed by atoms with van der Waals surface area (Å²) in [5.41, 5.74) is 0.918. The highest BCUT2D eigenvalue weighted by Gasteiger charge is 2.37. The van der Waals surface area contributed by atoms with Gasteiger partial charge in [0.15, 0.2) is 0 Å². The molecule has 2 unspecified atom stereocenters. The van der Waals surface area contributed by atoms with E-state index >= 15 is 0 Å². The van der Waals surface area contributed by atoms with E-state index in [4.69, 9.17) is 4.74 Å². The lowest BCUT2D eigenvalue weighted by Crippen LogP contribution is -2.52. The van der Waals surface area contributed by atoms with Crippen molar-refractivity contribution in [1.29, 1.82) is 0 Å². The third-order valence-corrected chi connectivity index (χ3v) is 5.05. The highest BCUT2D eigenvalue weighted by atomic mass is 16.6. The first-order valence-electron chi connectivity index (χ1n) is 9.11. The number of nitrogens with zero attached hydrogens (tertiary/aromatic N) is 1. The minimum Gasteiger partial charge on any atom is -0.445 e. The lowest BCUT2D eigenvalue weighted by atomic mass is 9.92. The van der Waals surface area contributed by atoms with Crippen molar-refractivity contribution >= 4 is 12.0 Å². The quantitative estimate of drug-likeness (QED) is 0.876. The summed E-state index contributed by atoms with van der Waals surface area (Å²) in [7, 11) is 0. The van der Waals surface area contributed by atoms with E-state index in [0.29, 0.717) is 13.0 Å². The first-order valence-corrected chi connectivity index (χ1v) is 9.11. The van der Waals surface area contributed by atoms with Crippen molar-refractivity contribution in [1.82, 2.24) is 10.2 Å². The molecule has 2 N–H and O–H groups in total. The Kier molecular flexibility index (Phi) is 5.91. The number of likely N-dealkylation sites (tertiary alicyclic amines) is 1. The molecule has 0 aromatic heterocycles. The number of hydrogen-bond donors (Lipinski definition) is 2. The lowest BCUT2D eigenvalue weighted by molar-refractivity contribution is -0.127. The Bertz CT molecular complexity index is 592. The molecule has 0 bridgehead atoms. The monoisotopic (exact) mass is 346 g/mol. The highest BCUT2D eigenvalue weighted by Crippen LogP contribution is 2.22. The maximum atomic E-state index is 12.6. The molecule has 1 aromatic carbocycles. The van der Waals surface area contributed by atoms with Crippen LogP contribution in [0.4, 0.5) is 4.79 Å². The van der Waals surface area contributed by atoms with Crippen LogP contribution in [0.25, 0.3) is 0 Å². The smallest absolute Gasteiger partial charge is 0.410 e. The minimum absolute atomic E-state index is 0.180. The molecule has 6 heteroatoms. The van der Waals surface area contributed by atoms with E-state index in [1.54, 1.807) is 0 Å². The van der Waals surface area contributed by atoms with Crippen LogP contribution >= 0.6 is 0 Å². The molecule has 1 aliphatic heterocycles. The number of hydrogen-bond acceptors (Lipinski definition) is 4. The van der Waals surface area contributed by atoms with E-state index in [1.807, 2.05) is 30.3 Å². The Morgan fingerprint density at radius 2 is 1.88 bits per heavy atom. The number of carbonyl (C=O) groups excluding carboxylic acids is 2. The fourth-order valence-electron chi connectivity index (χ4n) is 3.62. The standard InChI is InChI=1S/C19H26N2O4/c22-17-11-5-4-9-15(17)20-18(23)16-10-6-12-21(16)19(24)25-13-14-7-2-1-3-8-14/h1-3,7-8,15-17,22H,4-6,9-13H2,(H,20,23)/t15?,16-,17?/m0/s1. The van der Waals surface area contributed by atoms with Gasteiger partial charge in [0.1, 0.15) is 12.6 Å². The van der Waals surface area contributed by atoms with Crippen molar-refractivity contribution in [2.45, 2.75) is 63.3 Å². The average Bonchev–Trinajstić information content (AvgIpc) is 3.12. The van der Waals surface area contributed by atoms with E-state index < -0.39 is 18.2 Å². The number of nitrogens with one attached hydrogen (secondary N) is 1. The topological polar surface area (TPSA) is 78.9 Å². The van der Waals surface area contributed by atoms with Crippen LogP contribution in [-0.2, 0) is 16.1 Å². The molecule has 1 aromatic rings. The van der Waals surface area contributed by atoms with Crippen LogP contribution in [0, 0.1) is 0 Å². The molecule has 0 spiro atoms. The van der Waals surface area contributed by atoms with Crippen LogP contribution in [0.1, 0.15) is 44.1 Å². The highest BCUT2D eigenvalue weighted by molar-refractivity contribution is 5.86. The first kappa shape index (κ1) is 17.7. The SMILES string of the molecule is O=C(NC1CCCCC1O)[C@@H]1CCCN1C(=O)OCc1ccccc1. The fourth-order valence-corrected chi connectivity index (χ4v) is 3.62. The van der Waals surface area contributed by atoms with Crippen molar-refractivity contribution in [3.63, 3.8) is 0 Å². The second-order valence-electron chi connectivity index (χ2n) is 6.86. The Hall–Kier alpha value is -2.08. The van der Waals surface area contributed by atoms with Crippen LogP contribution < -0.4 is 5.32 Å². The minimum atomic E-state index is -0.502. The summed E-state index contributed by atoms with van der Waals surface area (Å²) in [5, 5.41) is 13.0. The van der Waals surface area contributed by atoms with E-state index in [9.17, 15) is 14.7 Å². The van der Waals surface area contributed by atoms with Gasteiger partial charge in [0, 0.05) is 6.54 Å². The molecular formula is C19H26N2O4. The molecule has 1 heterocycles. The van der Waals surface area contributed by atoms with Crippen molar-refractivity contribution < 1.29 is 19.4 Å². The Morgan fingerprint density at radius 1 is 1.12 bits per heavy atom. The van der Waals surface area contributed by atoms with Gasteiger partial charge in [-0.3, -0.25) is 9.69 Å². The van der Waals surface area contributed by atoms with Gasteiger partial charge in [-0.1, -0.05) is 43.2 Å². The third-order valence-electron chi connectivity index (χ3n) is 5.05. The van der Waals surface area contributed by atoms with Crippen molar-refractivity contribution in [2.75, 3.05) is 6.54 Å². The molecule has 2 fully saturated rings. The van der Waals surface area contributed by atoms with Gasteiger partial charge < -0.3 is 15.2 Å². The van der Waals surface area contributed by atoms with Crippen LogP contribution in [0.5, 0.6) is 0 Å². The Labute approximate surface area is 148 Å². The zero-order valence-electron chi connectivity index (χ0n) is 14.4. The van der Waals surface area contributed by atoms with Gasteiger partial charge in [-0.2, -0.15) is 0 Å². The number of ether oxygens (including phenoxy) is 1. The van der Waals surface area contributed by atoms with Crippen LogP contribution in [-0.4, -0.2) is 46.7 Å². The zero-order chi connectivity index (χ0) is 17.6. The maximum absolute atomic E-state index is 12.6. The summed E-state index contributed by atoms with van der Waals surface area (Å²) in [6.45, 7) is 0.727. The van der Waals surface area contributed by atoms with Gasteiger partial charge in [-0.05, 0) is 31.2 Å². The van der Waals surface area contributed by atoms with Crippen molar-refractivity contribution in [3.8, 4) is 0 Å². The second-order valence-corrected chi connectivity index (χ2v) is 6.86. The maximum Gasteiger partial charge on any atom is 0.410 e. The summed E-state index contributed by atoms with van der Waals surface area (Å²) < 4.78 is 5.36. The number of benzene rings is 1. The number of aliphatic hydroxyl groups is 1. The van der Waals surface area contributed by atoms with Crippen LogP contribution in [0.2, 0.25) is 0 Å². The predicted molar refractivity (Wildman–Crippen MR) is 92.8 cm³/mol. The van der Waals surface area contributed by atoms with Crippen LogP contribution in [0.3, 0.4) is 0 Å². The number of rotatable bonds is 4. The van der Waals surface area contributed by atoms with E-state index in [2.05, 4.69) is 5.32 Å².